The van der Waals surface area contributed by atoms with Crippen LogP contribution in [-0.4, -0.2) is 34.4 Å². The molecule has 0 bridgehead atoms. The van der Waals surface area contributed by atoms with Gasteiger partial charge in [0.25, 0.3) is 5.91 Å². The summed E-state index contributed by atoms with van der Waals surface area (Å²) in [4.78, 5) is 12.4. The number of furan rings is 1. The van der Waals surface area contributed by atoms with Gasteiger partial charge in [-0.05, 0) is 33.8 Å². The Hall–Kier alpha value is -2.28. The molecule has 0 saturated carbocycles. The van der Waals surface area contributed by atoms with Gasteiger partial charge in [0, 0.05) is 12.6 Å². The lowest BCUT2D eigenvalue weighted by molar-refractivity contribution is 0.0513. The quantitative estimate of drug-likeness (QED) is 0.873. The van der Waals surface area contributed by atoms with Crippen LogP contribution in [0.4, 0.5) is 0 Å². The standard InChI is InChI=1S/C16H23N3O4/c1-9-7-12(11(3)23-9)16(4,21)8-17-14(20)13-10(2)18-19(5)15(13)22-6/h7,21H,8H2,1-6H3,(H,17,20)/t16-/m0/s1. The summed E-state index contributed by atoms with van der Waals surface area (Å²) < 4.78 is 12.2. The number of carbonyl (C=O) groups excluding carboxylic acids is 1. The number of nitrogens with one attached hydrogen (secondary N) is 1. The molecule has 0 spiro atoms. The van der Waals surface area contributed by atoms with Gasteiger partial charge in [0.05, 0.1) is 19.3 Å². The number of rotatable bonds is 5. The molecule has 0 aliphatic rings. The van der Waals surface area contributed by atoms with Gasteiger partial charge in [0.1, 0.15) is 22.7 Å². The summed E-state index contributed by atoms with van der Waals surface area (Å²) in [6, 6.07) is 1.78. The van der Waals surface area contributed by atoms with E-state index in [1.807, 2.05) is 6.92 Å². The predicted molar refractivity (Wildman–Crippen MR) is 84.6 cm³/mol. The van der Waals surface area contributed by atoms with E-state index in [1.165, 1.54) is 11.8 Å². The summed E-state index contributed by atoms with van der Waals surface area (Å²) in [6.07, 6.45) is 0. The molecule has 2 heterocycles. The Bertz CT molecular complexity index is 728. The molecule has 7 heteroatoms. The van der Waals surface area contributed by atoms with E-state index in [2.05, 4.69) is 10.4 Å². The normalized spacial score (nSPS) is 13.7. The molecular weight excluding hydrogens is 298 g/mol. The number of carbonyl (C=O) groups is 1. The second-order valence-electron chi connectivity index (χ2n) is 5.88. The first-order valence-corrected chi connectivity index (χ1v) is 7.33. The van der Waals surface area contributed by atoms with Crippen LogP contribution in [0.15, 0.2) is 10.5 Å². The minimum Gasteiger partial charge on any atom is -0.481 e. The van der Waals surface area contributed by atoms with Gasteiger partial charge < -0.3 is 19.6 Å². The van der Waals surface area contributed by atoms with E-state index in [4.69, 9.17) is 9.15 Å². The lowest BCUT2D eigenvalue weighted by atomic mass is 9.96. The third-order valence-corrected chi connectivity index (χ3v) is 3.80. The van der Waals surface area contributed by atoms with Crippen molar-refractivity contribution in [2.24, 2.45) is 7.05 Å². The van der Waals surface area contributed by atoms with E-state index in [0.29, 0.717) is 34.2 Å². The average molecular weight is 321 g/mol. The average Bonchev–Trinajstić information content (AvgIpc) is 2.95. The number of aliphatic hydroxyl groups is 1. The highest BCUT2D eigenvalue weighted by molar-refractivity contribution is 5.97. The smallest absolute Gasteiger partial charge is 0.258 e. The first-order chi connectivity index (χ1) is 10.7. The second kappa shape index (κ2) is 6.08. The van der Waals surface area contributed by atoms with Crippen molar-refractivity contribution in [2.45, 2.75) is 33.3 Å². The molecule has 7 nitrogen and oxygen atoms in total. The van der Waals surface area contributed by atoms with Gasteiger partial charge in [-0.15, -0.1) is 0 Å². The number of amides is 1. The maximum Gasteiger partial charge on any atom is 0.258 e. The SMILES string of the molecule is COc1c(C(=O)NC[C@](C)(O)c2cc(C)oc2C)c(C)nn1C. The lowest BCUT2D eigenvalue weighted by Gasteiger charge is -2.23. The molecule has 0 fully saturated rings. The summed E-state index contributed by atoms with van der Waals surface area (Å²) in [5, 5.41) is 17.6. The first-order valence-electron chi connectivity index (χ1n) is 7.33. The van der Waals surface area contributed by atoms with E-state index in [9.17, 15) is 9.90 Å². The summed E-state index contributed by atoms with van der Waals surface area (Å²) in [5.74, 6) is 1.39. The van der Waals surface area contributed by atoms with Gasteiger partial charge >= 0.3 is 0 Å². The highest BCUT2D eigenvalue weighted by Crippen LogP contribution is 2.27. The monoisotopic (exact) mass is 321 g/mol. The van der Waals surface area contributed by atoms with Crippen LogP contribution < -0.4 is 10.1 Å². The van der Waals surface area contributed by atoms with Crippen LogP contribution in [0.5, 0.6) is 5.88 Å². The maximum absolute atomic E-state index is 12.4. The van der Waals surface area contributed by atoms with Crippen molar-refractivity contribution in [1.82, 2.24) is 15.1 Å². The van der Waals surface area contributed by atoms with Gasteiger partial charge in [0.2, 0.25) is 5.88 Å². The molecule has 1 amide bonds. The van der Waals surface area contributed by atoms with E-state index in [0.717, 1.165) is 0 Å². The van der Waals surface area contributed by atoms with Crippen molar-refractivity contribution in [2.75, 3.05) is 13.7 Å². The zero-order valence-corrected chi connectivity index (χ0v) is 14.4. The van der Waals surface area contributed by atoms with Gasteiger partial charge in [0.15, 0.2) is 0 Å². The van der Waals surface area contributed by atoms with Crippen LogP contribution in [0.1, 0.15) is 40.1 Å². The maximum atomic E-state index is 12.4. The van der Waals surface area contributed by atoms with Crippen LogP contribution >= 0.6 is 0 Å². The third-order valence-electron chi connectivity index (χ3n) is 3.80. The number of nitrogens with zero attached hydrogens (tertiary/aromatic N) is 2. The Balaban J connectivity index is 2.17. The highest BCUT2D eigenvalue weighted by Gasteiger charge is 2.29. The molecule has 0 saturated heterocycles. The topological polar surface area (TPSA) is 89.5 Å². The molecule has 126 valence electrons. The van der Waals surface area contributed by atoms with Gasteiger partial charge in [-0.3, -0.25) is 4.79 Å². The van der Waals surface area contributed by atoms with Crippen molar-refractivity contribution in [3.63, 3.8) is 0 Å². The highest BCUT2D eigenvalue weighted by atomic mass is 16.5. The molecule has 2 rings (SSSR count). The van der Waals surface area contributed by atoms with Crippen LogP contribution in [0, 0.1) is 20.8 Å². The minimum atomic E-state index is -1.24. The molecule has 2 aromatic heterocycles. The molecule has 2 aromatic rings. The molecule has 2 N–H and O–H groups in total. The van der Waals surface area contributed by atoms with Crippen molar-refractivity contribution >= 4 is 5.91 Å². The Morgan fingerprint density at radius 2 is 2.13 bits per heavy atom. The molecule has 23 heavy (non-hydrogen) atoms. The molecule has 0 aliphatic carbocycles. The van der Waals surface area contributed by atoms with Crippen LogP contribution in [-0.2, 0) is 12.6 Å². The van der Waals surface area contributed by atoms with E-state index in [1.54, 1.807) is 33.9 Å². The lowest BCUT2D eigenvalue weighted by Crippen LogP contribution is -2.39. The minimum absolute atomic E-state index is 0.0448. The Kier molecular flexibility index (Phi) is 4.51. The number of methoxy groups -OCH3 is 1. The number of hydrogen-bond acceptors (Lipinski definition) is 5. The number of aromatic nitrogens is 2. The van der Waals surface area contributed by atoms with E-state index >= 15 is 0 Å². The van der Waals surface area contributed by atoms with Gasteiger partial charge in [-0.1, -0.05) is 0 Å². The third kappa shape index (κ3) is 3.24. The molecular formula is C16H23N3O4. The number of hydrogen-bond donors (Lipinski definition) is 2. The fourth-order valence-corrected chi connectivity index (χ4v) is 2.73. The van der Waals surface area contributed by atoms with Crippen molar-refractivity contribution in [3.8, 4) is 5.88 Å². The summed E-state index contributed by atoms with van der Waals surface area (Å²) in [7, 11) is 3.19. The summed E-state index contributed by atoms with van der Waals surface area (Å²) in [5.41, 5.74) is 0.355. The molecule has 0 aromatic carbocycles. The van der Waals surface area contributed by atoms with E-state index < -0.39 is 5.60 Å². The van der Waals surface area contributed by atoms with Crippen molar-refractivity contribution in [1.29, 1.82) is 0 Å². The summed E-state index contributed by atoms with van der Waals surface area (Å²) >= 11 is 0. The van der Waals surface area contributed by atoms with Crippen molar-refractivity contribution < 1.29 is 19.1 Å². The molecule has 0 unspecified atom stereocenters. The zero-order chi connectivity index (χ0) is 17.4. The Morgan fingerprint density at radius 1 is 1.48 bits per heavy atom. The number of ether oxygens (including phenoxy) is 1. The summed E-state index contributed by atoms with van der Waals surface area (Å²) in [6.45, 7) is 7.02. The zero-order valence-electron chi connectivity index (χ0n) is 14.4. The number of aryl methyl sites for hydroxylation is 4. The van der Waals surface area contributed by atoms with Gasteiger partial charge in [-0.2, -0.15) is 5.10 Å². The first kappa shape index (κ1) is 17.1. The van der Waals surface area contributed by atoms with Crippen LogP contribution in [0.25, 0.3) is 0 Å². The Labute approximate surface area is 135 Å². The van der Waals surface area contributed by atoms with Gasteiger partial charge in [-0.25, -0.2) is 4.68 Å². The molecule has 1 atom stereocenters. The van der Waals surface area contributed by atoms with Crippen molar-refractivity contribution in [3.05, 3.63) is 34.4 Å². The fraction of sp³-hybridized carbons (Fsp3) is 0.500. The molecule has 0 aliphatic heterocycles. The fourth-order valence-electron chi connectivity index (χ4n) is 2.73. The van der Waals surface area contributed by atoms with E-state index in [-0.39, 0.29) is 12.5 Å². The van der Waals surface area contributed by atoms with Crippen LogP contribution in [0.2, 0.25) is 0 Å². The largest absolute Gasteiger partial charge is 0.481 e. The predicted octanol–water partition coefficient (Wildman–Crippen LogP) is 1.58. The van der Waals surface area contributed by atoms with Crippen LogP contribution in [0.3, 0.4) is 0 Å². The second-order valence-corrected chi connectivity index (χ2v) is 5.88. The Morgan fingerprint density at radius 3 is 2.65 bits per heavy atom. The molecule has 0 radical (unpaired) electrons.